The van der Waals surface area contributed by atoms with Crippen LogP contribution in [0.25, 0.3) is 0 Å². The molecule has 1 unspecified atom stereocenters. The van der Waals surface area contributed by atoms with Gasteiger partial charge in [-0.05, 0) is 36.1 Å². The van der Waals surface area contributed by atoms with Gasteiger partial charge in [0.1, 0.15) is 6.26 Å². The van der Waals surface area contributed by atoms with Crippen molar-refractivity contribution < 1.29 is 13.9 Å². The number of likely N-dealkylation sites (tertiary alicyclic amines) is 1. The Kier molecular flexibility index (Phi) is 4.06. The van der Waals surface area contributed by atoms with E-state index in [1.54, 1.807) is 12.3 Å². The first-order valence-electron chi connectivity index (χ1n) is 8.37. The van der Waals surface area contributed by atoms with Crippen LogP contribution in [-0.4, -0.2) is 28.9 Å². The van der Waals surface area contributed by atoms with E-state index in [2.05, 4.69) is 9.88 Å². The third kappa shape index (κ3) is 2.94. The van der Waals surface area contributed by atoms with Crippen LogP contribution in [0, 0.1) is 6.92 Å². The number of nitrogens with two attached hydrogens (primary N) is 1. The number of carbonyl (C=O) groups is 1. The van der Waals surface area contributed by atoms with E-state index in [0.717, 1.165) is 49.3 Å². The fourth-order valence-corrected chi connectivity index (χ4v) is 4.06. The molecule has 6 nitrogen and oxygen atoms in total. The molecular formula is C18H20ClN3O3. The normalized spacial score (nSPS) is 22.2. The summed E-state index contributed by atoms with van der Waals surface area (Å²) in [5.74, 6) is 0.219. The molecule has 0 radical (unpaired) electrons. The maximum Gasteiger partial charge on any atom is 0.251 e. The Balaban J connectivity index is 1.54. The molecule has 1 saturated heterocycles. The fraction of sp³-hybridized carbons (Fsp3) is 0.444. The molecule has 2 aromatic rings. The van der Waals surface area contributed by atoms with Gasteiger partial charge in [0.2, 0.25) is 0 Å². The van der Waals surface area contributed by atoms with Crippen LogP contribution in [0.4, 0.5) is 0 Å². The molecule has 25 heavy (non-hydrogen) atoms. The zero-order valence-corrected chi connectivity index (χ0v) is 14.8. The van der Waals surface area contributed by atoms with E-state index in [0.29, 0.717) is 10.9 Å². The molecule has 0 bridgehead atoms. The zero-order chi connectivity index (χ0) is 17.6. The second-order valence-electron chi connectivity index (χ2n) is 6.76. The number of nitrogens with zero attached hydrogens (tertiary/aromatic N) is 2. The number of hydrogen-bond acceptors (Lipinski definition) is 5. The summed E-state index contributed by atoms with van der Waals surface area (Å²) in [5, 5.41) is 0.646. The summed E-state index contributed by atoms with van der Waals surface area (Å²) in [6.45, 7) is 4.26. The van der Waals surface area contributed by atoms with Crippen molar-refractivity contribution in [3.63, 3.8) is 0 Å². The predicted octanol–water partition coefficient (Wildman–Crippen LogP) is 2.68. The number of benzene rings is 1. The van der Waals surface area contributed by atoms with Gasteiger partial charge in [0.15, 0.2) is 12.0 Å². The summed E-state index contributed by atoms with van der Waals surface area (Å²) < 4.78 is 11.5. The number of carbonyl (C=O) groups excluding carboxylic acids is 1. The van der Waals surface area contributed by atoms with Gasteiger partial charge in [0.05, 0.1) is 11.3 Å². The van der Waals surface area contributed by atoms with Crippen LogP contribution >= 0.6 is 11.6 Å². The molecule has 2 aliphatic heterocycles. The van der Waals surface area contributed by atoms with E-state index in [1.807, 2.05) is 19.1 Å². The monoisotopic (exact) mass is 361 g/mol. The van der Waals surface area contributed by atoms with Crippen molar-refractivity contribution in [3.05, 3.63) is 52.2 Å². The van der Waals surface area contributed by atoms with Gasteiger partial charge < -0.3 is 14.9 Å². The van der Waals surface area contributed by atoms with E-state index >= 15 is 0 Å². The molecule has 1 fully saturated rings. The van der Waals surface area contributed by atoms with E-state index in [9.17, 15) is 4.79 Å². The molecule has 1 aromatic carbocycles. The Morgan fingerprint density at radius 3 is 2.84 bits per heavy atom. The summed E-state index contributed by atoms with van der Waals surface area (Å²) in [6.07, 6.45) is 2.56. The quantitative estimate of drug-likeness (QED) is 0.908. The molecule has 0 saturated carbocycles. The Labute approximate surface area is 150 Å². The van der Waals surface area contributed by atoms with E-state index < -0.39 is 17.6 Å². The van der Waals surface area contributed by atoms with Crippen LogP contribution < -0.4 is 5.73 Å². The number of ether oxygens (including phenoxy) is 1. The Bertz CT molecular complexity index is 812. The molecule has 1 amide bonds. The maximum atomic E-state index is 11.8. The van der Waals surface area contributed by atoms with Crippen molar-refractivity contribution in [2.45, 2.75) is 38.0 Å². The smallest absolute Gasteiger partial charge is 0.251 e. The van der Waals surface area contributed by atoms with Gasteiger partial charge in [-0.3, -0.25) is 9.69 Å². The first-order chi connectivity index (χ1) is 12.0. The summed E-state index contributed by atoms with van der Waals surface area (Å²) in [4.78, 5) is 18.5. The number of aryl methyl sites for hydroxylation is 1. The van der Waals surface area contributed by atoms with Gasteiger partial charge in [-0.1, -0.05) is 17.7 Å². The highest BCUT2D eigenvalue weighted by Crippen LogP contribution is 2.50. The summed E-state index contributed by atoms with van der Waals surface area (Å²) in [7, 11) is 0. The lowest BCUT2D eigenvalue weighted by atomic mass is 9.83. The second kappa shape index (κ2) is 6.12. The number of oxazole rings is 1. The van der Waals surface area contributed by atoms with Crippen LogP contribution in [0.1, 0.15) is 41.7 Å². The topological polar surface area (TPSA) is 81.6 Å². The number of fused-ring (bicyclic) bond motifs is 2. The first-order valence-corrected chi connectivity index (χ1v) is 8.75. The fourth-order valence-electron chi connectivity index (χ4n) is 3.89. The highest BCUT2D eigenvalue weighted by atomic mass is 35.5. The van der Waals surface area contributed by atoms with E-state index in [4.69, 9.17) is 26.5 Å². The minimum Gasteiger partial charge on any atom is -0.449 e. The zero-order valence-electron chi connectivity index (χ0n) is 14.0. The van der Waals surface area contributed by atoms with Crippen LogP contribution in [0.5, 0.6) is 0 Å². The molecule has 2 aliphatic rings. The number of halogens is 1. The second-order valence-corrected chi connectivity index (χ2v) is 7.20. The third-order valence-corrected chi connectivity index (χ3v) is 5.34. The lowest BCUT2D eigenvalue weighted by Gasteiger charge is -2.39. The number of piperidine rings is 1. The number of hydrogen-bond donors (Lipinski definition) is 1. The molecule has 132 valence electrons. The number of amides is 1. The van der Waals surface area contributed by atoms with Crippen LogP contribution in [0.2, 0.25) is 5.02 Å². The highest BCUT2D eigenvalue weighted by Gasteiger charge is 2.48. The lowest BCUT2D eigenvalue weighted by molar-refractivity contribution is -0.148. The Morgan fingerprint density at radius 2 is 2.20 bits per heavy atom. The van der Waals surface area contributed by atoms with Crippen molar-refractivity contribution >= 4 is 17.5 Å². The van der Waals surface area contributed by atoms with Gasteiger partial charge in [0, 0.05) is 31.6 Å². The van der Waals surface area contributed by atoms with Gasteiger partial charge in [-0.2, -0.15) is 0 Å². The number of primary amides is 1. The van der Waals surface area contributed by atoms with Gasteiger partial charge >= 0.3 is 0 Å². The first kappa shape index (κ1) is 16.6. The molecule has 0 aliphatic carbocycles. The van der Waals surface area contributed by atoms with E-state index in [1.165, 1.54) is 0 Å². The third-order valence-electron chi connectivity index (χ3n) is 5.11. The predicted molar refractivity (Wildman–Crippen MR) is 91.9 cm³/mol. The molecule has 1 spiro atoms. The van der Waals surface area contributed by atoms with Crippen molar-refractivity contribution in [2.75, 3.05) is 13.1 Å². The lowest BCUT2D eigenvalue weighted by Crippen LogP contribution is -2.42. The highest BCUT2D eigenvalue weighted by molar-refractivity contribution is 6.30. The van der Waals surface area contributed by atoms with Crippen LogP contribution in [0.15, 0.2) is 28.9 Å². The molecule has 1 atom stereocenters. The average Bonchev–Trinajstić information content (AvgIpc) is 3.12. The van der Waals surface area contributed by atoms with Gasteiger partial charge in [-0.15, -0.1) is 0 Å². The SMILES string of the molecule is Cc1nc(CN2CCC3(CC2)OC(C(N)=O)c2ccc(Cl)cc23)co1. The molecular weight excluding hydrogens is 342 g/mol. The minimum absolute atomic E-state index is 0.457. The van der Waals surface area contributed by atoms with Crippen molar-refractivity contribution in [1.29, 1.82) is 0 Å². The van der Waals surface area contributed by atoms with E-state index in [-0.39, 0.29) is 0 Å². The van der Waals surface area contributed by atoms with Crippen LogP contribution in [-0.2, 0) is 21.7 Å². The summed E-state index contributed by atoms with van der Waals surface area (Å²) in [6, 6.07) is 5.55. The largest absolute Gasteiger partial charge is 0.449 e. The maximum absolute atomic E-state index is 11.8. The Morgan fingerprint density at radius 1 is 1.44 bits per heavy atom. The van der Waals surface area contributed by atoms with Gasteiger partial charge in [0.25, 0.3) is 5.91 Å². The molecule has 1 aromatic heterocycles. The summed E-state index contributed by atoms with van der Waals surface area (Å²) in [5.41, 5.74) is 7.83. The standard InChI is InChI=1S/C18H20ClN3O3/c1-11-21-13(10-24-11)9-22-6-4-18(5-7-22)15-8-12(19)2-3-14(15)16(25-18)17(20)23/h2-3,8,10,16H,4-7,9H2,1H3,(H2,20,23). The average molecular weight is 362 g/mol. The van der Waals surface area contributed by atoms with Gasteiger partial charge in [-0.25, -0.2) is 4.98 Å². The minimum atomic E-state index is -0.697. The molecule has 2 N–H and O–H groups in total. The van der Waals surface area contributed by atoms with Crippen molar-refractivity contribution in [2.24, 2.45) is 5.73 Å². The molecule has 7 heteroatoms. The van der Waals surface area contributed by atoms with Crippen LogP contribution in [0.3, 0.4) is 0 Å². The Hall–Kier alpha value is -1.89. The van der Waals surface area contributed by atoms with Crippen molar-refractivity contribution in [1.82, 2.24) is 9.88 Å². The molecule has 3 heterocycles. The number of aromatic nitrogens is 1. The summed E-state index contributed by atoms with van der Waals surface area (Å²) >= 11 is 6.19. The molecule has 4 rings (SSSR count). The number of rotatable bonds is 3. The van der Waals surface area contributed by atoms with Crippen molar-refractivity contribution in [3.8, 4) is 0 Å².